The fourth-order valence-corrected chi connectivity index (χ4v) is 4.03. The van der Waals surface area contributed by atoms with Crippen LogP contribution < -0.4 is 11.2 Å². The predicted molar refractivity (Wildman–Crippen MR) is 134 cm³/mol. The van der Waals surface area contributed by atoms with Crippen molar-refractivity contribution in [2.75, 3.05) is 6.61 Å². The summed E-state index contributed by atoms with van der Waals surface area (Å²) in [6.07, 6.45) is 3.75. The van der Waals surface area contributed by atoms with Gasteiger partial charge in [0, 0.05) is 31.8 Å². The van der Waals surface area contributed by atoms with Gasteiger partial charge in [-0.25, -0.2) is 4.79 Å². The average molecular weight is 526 g/mol. The molecule has 2 heterocycles. The highest BCUT2D eigenvalue weighted by molar-refractivity contribution is 6.31. The van der Waals surface area contributed by atoms with E-state index < -0.39 is 23.7 Å². The number of allylic oxidation sites excluding steroid dienone is 7. The van der Waals surface area contributed by atoms with Crippen LogP contribution in [0.2, 0.25) is 0 Å². The van der Waals surface area contributed by atoms with Crippen LogP contribution >= 0.6 is 11.6 Å². The van der Waals surface area contributed by atoms with Crippen LogP contribution in [0.5, 0.6) is 0 Å². The maximum atomic E-state index is 13.4. The zero-order valence-electron chi connectivity index (χ0n) is 19.9. The van der Waals surface area contributed by atoms with Gasteiger partial charge in [0.05, 0.1) is 17.3 Å². The zero-order valence-corrected chi connectivity index (χ0v) is 20.6. The zero-order chi connectivity index (χ0) is 26.6. The molecule has 36 heavy (non-hydrogen) atoms. The minimum Gasteiger partial charge on any atom is -0.396 e. The lowest BCUT2D eigenvalue weighted by Gasteiger charge is -2.20. The maximum absolute atomic E-state index is 13.4. The molecule has 7 nitrogen and oxygen atoms in total. The number of ether oxygens (including phenoxy) is 1. The van der Waals surface area contributed by atoms with Gasteiger partial charge in [-0.2, -0.15) is 0 Å². The molecule has 2 aromatic heterocycles. The molecule has 3 rings (SSSR count). The van der Waals surface area contributed by atoms with Crippen LogP contribution in [0.15, 0.2) is 69.3 Å². The third kappa shape index (κ3) is 6.18. The van der Waals surface area contributed by atoms with E-state index in [2.05, 4.69) is 11.3 Å². The Bertz CT molecular complexity index is 1390. The quantitative estimate of drug-likeness (QED) is 0.493. The molecule has 0 radical (unpaired) electrons. The van der Waals surface area contributed by atoms with Crippen LogP contribution in [0.1, 0.15) is 25.5 Å². The van der Waals surface area contributed by atoms with Crippen molar-refractivity contribution < 1.29 is 23.0 Å². The topological polar surface area (TPSA) is 78.4 Å². The van der Waals surface area contributed by atoms with Crippen LogP contribution in [-0.2, 0) is 24.9 Å². The van der Waals surface area contributed by atoms with Gasteiger partial charge in [0.25, 0.3) is 5.56 Å². The smallest absolute Gasteiger partial charge is 0.396 e. The Kier molecular flexibility index (Phi) is 8.65. The van der Waals surface area contributed by atoms with Gasteiger partial charge in [-0.1, -0.05) is 42.5 Å². The molecule has 1 atom stereocenters. The standard InChI is InChI=1S/C25H27ClF3N3O4/c1-4-18(26)10-9-16(2)15-32-20(17-7-5-8-19(13-17)36-25(27,28)29)14-21-22(32)23(34)31(11-6-12-33)24(35)30(21)3/h4-5,7,9-10,13-14,19,33H,2,6,8,11-12,15H2,1,3H3/b10-9-,18-4+. The van der Waals surface area contributed by atoms with Crippen molar-refractivity contribution in [1.29, 1.82) is 0 Å². The predicted octanol–water partition coefficient (Wildman–Crippen LogP) is 4.39. The minimum atomic E-state index is -4.81. The summed E-state index contributed by atoms with van der Waals surface area (Å²) in [4.78, 5) is 26.3. The van der Waals surface area contributed by atoms with E-state index in [0.717, 1.165) is 4.57 Å². The molecule has 1 aliphatic carbocycles. The van der Waals surface area contributed by atoms with Gasteiger partial charge in [0.1, 0.15) is 5.52 Å². The summed E-state index contributed by atoms with van der Waals surface area (Å²) in [5.74, 6) is 0. The van der Waals surface area contributed by atoms with E-state index in [1.165, 1.54) is 17.7 Å². The normalized spacial score (nSPS) is 16.8. The van der Waals surface area contributed by atoms with Crippen molar-refractivity contribution in [2.45, 2.75) is 45.3 Å². The van der Waals surface area contributed by atoms with Crippen LogP contribution in [-0.4, -0.2) is 37.9 Å². The fourth-order valence-electron chi connectivity index (χ4n) is 3.97. The van der Waals surface area contributed by atoms with E-state index in [1.807, 2.05) is 0 Å². The lowest BCUT2D eigenvalue weighted by Crippen LogP contribution is -2.39. The Hall–Kier alpha value is -3.08. The number of aliphatic hydroxyl groups is 1. The Balaban J connectivity index is 2.23. The molecule has 1 unspecified atom stereocenters. The summed E-state index contributed by atoms with van der Waals surface area (Å²) in [5.41, 5.74) is 0.766. The molecule has 0 saturated carbocycles. The fraction of sp³-hybridized carbons (Fsp3) is 0.360. The molecular formula is C25H27ClF3N3O4. The molecule has 0 saturated heterocycles. The lowest BCUT2D eigenvalue weighted by atomic mass is 10.0. The summed E-state index contributed by atoms with van der Waals surface area (Å²) >= 11 is 6.03. The molecule has 0 amide bonds. The number of aromatic nitrogens is 3. The van der Waals surface area contributed by atoms with Gasteiger partial charge in [-0.05, 0) is 49.1 Å². The first kappa shape index (κ1) is 27.5. The van der Waals surface area contributed by atoms with Crippen molar-refractivity contribution in [3.63, 3.8) is 0 Å². The van der Waals surface area contributed by atoms with E-state index in [-0.39, 0.29) is 38.1 Å². The molecule has 0 bridgehead atoms. The highest BCUT2D eigenvalue weighted by Gasteiger charge is 2.33. The molecular weight excluding hydrogens is 499 g/mol. The number of rotatable bonds is 9. The molecule has 0 spiro atoms. The second-order valence-corrected chi connectivity index (χ2v) is 8.69. The second kappa shape index (κ2) is 11.3. The number of alkyl halides is 3. The number of halogens is 4. The number of aliphatic hydroxyl groups excluding tert-OH is 1. The van der Waals surface area contributed by atoms with Crippen molar-refractivity contribution in [1.82, 2.24) is 13.7 Å². The first-order valence-electron chi connectivity index (χ1n) is 11.2. The first-order chi connectivity index (χ1) is 17.0. The molecule has 0 aromatic carbocycles. The minimum absolute atomic E-state index is 0.0142. The van der Waals surface area contributed by atoms with E-state index >= 15 is 0 Å². The highest BCUT2D eigenvalue weighted by Crippen LogP contribution is 2.30. The maximum Gasteiger partial charge on any atom is 0.523 e. The summed E-state index contributed by atoms with van der Waals surface area (Å²) in [6, 6.07) is 1.59. The summed E-state index contributed by atoms with van der Waals surface area (Å²) in [7, 11) is 1.51. The van der Waals surface area contributed by atoms with Crippen LogP contribution in [0.3, 0.4) is 0 Å². The summed E-state index contributed by atoms with van der Waals surface area (Å²) < 4.78 is 46.7. The SMILES string of the molecule is C=C(/C=C\C(Cl)=C/C)Cn1c(C2=CC(OC(F)(F)F)CC=C2)cc2c1c(=O)n(CCCO)c(=O)n2C. The van der Waals surface area contributed by atoms with Crippen molar-refractivity contribution in [3.05, 3.63) is 86.2 Å². The Morgan fingerprint density at radius 1 is 1.31 bits per heavy atom. The third-order valence-electron chi connectivity index (χ3n) is 5.67. The van der Waals surface area contributed by atoms with Gasteiger partial charge in [0.2, 0.25) is 0 Å². The second-order valence-electron chi connectivity index (χ2n) is 8.25. The summed E-state index contributed by atoms with van der Waals surface area (Å²) in [5, 5.41) is 9.68. The van der Waals surface area contributed by atoms with Gasteiger partial charge in [0.15, 0.2) is 0 Å². The first-order valence-corrected chi connectivity index (χ1v) is 11.6. The molecule has 2 aromatic rings. The van der Waals surface area contributed by atoms with Crippen molar-refractivity contribution in [3.8, 4) is 0 Å². The Morgan fingerprint density at radius 2 is 2.03 bits per heavy atom. The number of hydrogen-bond acceptors (Lipinski definition) is 4. The van der Waals surface area contributed by atoms with E-state index in [0.29, 0.717) is 27.4 Å². The van der Waals surface area contributed by atoms with Crippen LogP contribution in [0, 0.1) is 0 Å². The highest BCUT2D eigenvalue weighted by atomic mass is 35.5. The van der Waals surface area contributed by atoms with E-state index in [9.17, 15) is 27.9 Å². The molecule has 1 N–H and O–H groups in total. The summed E-state index contributed by atoms with van der Waals surface area (Å²) in [6.45, 7) is 5.70. The average Bonchev–Trinajstić information content (AvgIpc) is 3.19. The lowest BCUT2D eigenvalue weighted by molar-refractivity contribution is -0.335. The molecule has 11 heteroatoms. The number of fused-ring (bicyclic) bond motifs is 1. The number of aryl methyl sites for hydroxylation is 1. The number of nitrogens with zero attached hydrogens (tertiary/aromatic N) is 3. The van der Waals surface area contributed by atoms with Crippen molar-refractivity contribution in [2.24, 2.45) is 7.05 Å². The Labute approximate surface area is 210 Å². The number of hydrogen-bond donors (Lipinski definition) is 1. The van der Waals surface area contributed by atoms with E-state index in [1.54, 1.807) is 47.9 Å². The van der Waals surface area contributed by atoms with Gasteiger partial charge in [-0.15, -0.1) is 13.2 Å². The molecule has 194 valence electrons. The van der Waals surface area contributed by atoms with Crippen molar-refractivity contribution >= 4 is 28.2 Å². The third-order valence-corrected chi connectivity index (χ3v) is 6.01. The van der Waals surface area contributed by atoms with E-state index in [4.69, 9.17) is 11.6 Å². The van der Waals surface area contributed by atoms with Gasteiger partial charge >= 0.3 is 12.1 Å². The molecule has 0 fully saturated rings. The Morgan fingerprint density at radius 3 is 2.67 bits per heavy atom. The van der Waals surface area contributed by atoms with Crippen LogP contribution in [0.4, 0.5) is 13.2 Å². The molecule has 1 aliphatic rings. The molecule has 0 aliphatic heterocycles. The van der Waals surface area contributed by atoms with Gasteiger partial charge < -0.3 is 9.67 Å². The monoisotopic (exact) mass is 525 g/mol. The van der Waals surface area contributed by atoms with Crippen LogP contribution in [0.25, 0.3) is 16.6 Å². The van der Waals surface area contributed by atoms with Gasteiger partial charge in [-0.3, -0.25) is 18.7 Å². The largest absolute Gasteiger partial charge is 0.523 e.